The lowest BCUT2D eigenvalue weighted by Gasteiger charge is -2.11. The van der Waals surface area contributed by atoms with Crippen LogP contribution >= 0.6 is 0 Å². The van der Waals surface area contributed by atoms with Gasteiger partial charge in [0.15, 0.2) is 0 Å². The molecule has 328 valence electrons. The molecular formula is C54H106O. The van der Waals surface area contributed by atoms with Crippen molar-refractivity contribution >= 4 is 0 Å². The van der Waals surface area contributed by atoms with Gasteiger partial charge in [-0.3, -0.25) is 0 Å². The predicted octanol–water partition coefficient (Wildman–Crippen LogP) is 20.8. The Morgan fingerprint density at radius 3 is 0.491 bits per heavy atom. The normalized spacial score (nSPS) is 11.5. The van der Waals surface area contributed by atoms with Crippen LogP contribution < -0.4 is 0 Å². The zero-order chi connectivity index (χ0) is 39.8. The first-order valence-corrected chi connectivity index (χ1v) is 26.2. The molecule has 0 saturated carbocycles. The highest BCUT2D eigenvalue weighted by molar-refractivity contribution is 4.93. The summed E-state index contributed by atoms with van der Waals surface area (Å²) in [6.07, 6.45) is 68.0. The molecule has 0 spiro atoms. The molecule has 0 aliphatic carbocycles. The van der Waals surface area contributed by atoms with Gasteiger partial charge in [0.1, 0.15) is 0 Å². The first-order chi connectivity index (χ1) is 27.2. The third kappa shape index (κ3) is 49.4. The van der Waals surface area contributed by atoms with Crippen molar-refractivity contribution in [1.29, 1.82) is 0 Å². The van der Waals surface area contributed by atoms with E-state index in [4.69, 9.17) is 4.74 Å². The van der Waals surface area contributed by atoms with Crippen LogP contribution in [0, 0.1) is 0 Å². The van der Waals surface area contributed by atoms with Crippen molar-refractivity contribution in [2.75, 3.05) is 0 Å². The number of hydrogen-bond acceptors (Lipinski definition) is 1. The molecule has 0 radical (unpaired) electrons. The lowest BCUT2D eigenvalue weighted by atomic mass is 10.0. The highest BCUT2D eigenvalue weighted by Gasteiger charge is 2.02. The molecule has 1 nitrogen and oxygen atoms in total. The van der Waals surface area contributed by atoms with E-state index >= 15 is 0 Å². The predicted molar refractivity (Wildman–Crippen MR) is 252 cm³/mol. The minimum atomic E-state index is 0.933. The highest BCUT2D eigenvalue weighted by atomic mass is 16.5. The van der Waals surface area contributed by atoms with E-state index in [-0.39, 0.29) is 0 Å². The minimum Gasteiger partial charge on any atom is -0.467 e. The van der Waals surface area contributed by atoms with Gasteiger partial charge in [-0.25, -0.2) is 0 Å². The van der Waals surface area contributed by atoms with Crippen LogP contribution in [0.2, 0.25) is 0 Å². The quantitative estimate of drug-likeness (QED) is 0.0442. The van der Waals surface area contributed by atoms with Crippen molar-refractivity contribution in [3.05, 3.63) is 24.7 Å². The van der Waals surface area contributed by atoms with Crippen LogP contribution in [0.5, 0.6) is 0 Å². The third-order valence-corrected chi connectivity index (χ3v) is 12.4. The largest absolute Gasteiger partial charge is 0.467 e. The topological polar surface area (TPSA) is 9.23 Å². The third-order valence-electron chi connectivity index (χ3n) is 12.4. The van der Waals surface area contributed by atoms with Crippen molar-refractivity contribution < 1.29 is 4.74 Å². The van der Waals surface area contributed by atoms with Crippen LogP contribution in [0.4, 0.5) is 0 Å². The van der Waals surface area contributed by atoms with E-state index in [2.05, 4.69) is 27.0 Å². The standard InChI is InChI=1S/C54H106O/c1-5-7-9-11-13-15-17-19-21-23-25-27-29-31-33-35-37-39-41-43-45-47-49-51-53(3)55-54(4)52-50-48-46-44-42-40-38-36-34-32-30-28-26-24-22-20-18-16-14-12-10-8-6-2/h3-52H2,1-2H3. The molecule has 0 aliphatic rings. The van der Waals surface area contributed by atoms with Crippen molar-refractivity contribution in [2.24, 2.45) is 0 Å². The summed E-state index contributed by atoms with van der Waals surface area (Å²) in [6, 6.07) is 0. The Labute approximate surface area is 350 Å². The summed E-state index contributed by atoms with van der Waals surface area (Å²) >= 11 is 0. The van der Waals surface area contributed by atoms with Crippen LogP contribution in [0.25, 0.3) is 0 Å². The second-order valence-electron chi connectivity index (χ2n) is 18.2. The Morgan fingerprint density at radius 2 is 0.345 bits per heavy atom. The smallest absolute Gasteiger partial charge is 0.0964 e. The summed E-state index contributed by atoms with van der Waals surface area (Å²) in [6.45, 7) is 13.0. The fourth-order valence-electron chi connectivity index (χ4n) is 8.52. The highest BCUT2D eigenvalue weighted by Crippen LogP contribution is 2.20. The van der Waals surface area contributed by atoms with Crippen molar-refractivity contribution in [3.8, 4) is 0 Å². The van der Waals surface area contributed by atoms with E-state index in [1.54, 1.807) is 0 Å². The summed E-state index contributed by atoms with van der Waals surface area (Å²) in [5.41, 5.74) is 0. The first kappa shape index (κ1) is 54.3. The maximum absolute atomic E-state index is 5.96. The Kier molecular flexibility index (Phi) is 48.8. The van der Waals surface area contributed by atoms with Gasteiger partial charge in [-0.2, -0.15) is 0 Å². The van der Waals surface area contributed by atoms with Crippen molar-refractivity contribution in [1.82, 2.24) is 0 Å². The fourth-order valence-corrected chi connectivity index (χ4v) is 8.52. The van der Waals surface area contributed by atoms with Gasteiger partial charge in [0.2, 0.25) is 0 Å². The lowest BCUT2D eigenvalue weighted by molar-refractivity contribution is 0.274. The Bertz CT molecular complexity index is 663. The minimum absolute atomic E-state index is 0.933. The maximum Gasteiger partial charge on any atom is 0.0964 e. The summed E-state index contributed by atoms with van der Waals surface area (Å²) < 4.78 is 5.96. The molecular weight excluding hydrogens is 665 g/mol. The molecule has 0 amide bonds. The van der Waals surface area contributed by atoms with Crippen LogP contribution in [0.15, 0.2) is 24.7 Å². The second kappa shape index (κ2) is 49.4. The van der Waals surface area contributed by atoms with Gasteiger partial charge in [-0.1, -0.05) is 310 Å². The Balaban J connectivity index is 3.24. The molecule has 0 fully saturated rings. The van der Waals surface area contributed by atoms with E-state index in [0.717, 1.165) is 24.4 Å². The molecule has 0 unspecified atom stereocenters. The van der Waals surface area contributed by atoms with Gasteiger partial charge < -0.3 is 4.74 Å². The monoisotopic (exact) mass is 771 g/mol. The number of rotatable bonds is 50. The van der Waals surface area contributed by atoms with Crippen molar-refractivity contribution in [3.63, 3.8) is 0 Å². The van der Waals surface area contributed by atoms with Gasteiger partial charge >= 0.3 is 0 Å². The van der Waals surface area contributed by atoms with Gasteiger partial charge in [-0.15, -0.1) is 0 Å². The van der Waals surface area contributed by atoms with Gasteiger partial charge in [0.25, 0.3) is 0 Å². The summed E-state index contributed by atoms with van der Waals surface area (Å²) in [5.74, 6) is 1.87. The molecule has 0 aromatic carbocycles. The molecule has 1 heteroatoms. The van der Waals surface area contributed by atoms with E-state index in [1.165, 1.54) is 295 Å². The van der Waals surface area contributed by atoms with E-state index in [0.29, 0.717) is 0 Å². The van der Waals surface area contributed by atoms with Crippen LogP contribution in [-0.2, 0) is 4.74 Å². The van der Waals surface area contributed by atoms with Gasteiger partial charge in [-0.05, 0) is 12.8 Å². The van der Waals surface area contributed by atoms with E-state index < -0.39 is 0 Å². The van der Waals surface area contributed by atoms with Crippen LogP contribution in [0.1, 0.15) is 322 Å². The molecule has 0 saturated heterocycles. The number of ether oxygens (including phenoxy) is 1. The first-order valence-electron chi connectivity index (χ1n) is 26.2. The summed E-state index contributed by atoms with van der Waals surface area (Å²) in [5, 5.41) is 0. The van der Waals surface area contributed by atoms with Gasteiger partial charge in [0, 0.05) is 12.8 Å². The zero-order valence-electron chi connectivity index (χ0n) is 38.8. The maximum atomic E-state index is 5.96. The zero-order valence-corrected chi connectivity index (χ0v) is 38.8. The van der Waals surface area contributed by atoms with Crippen LogP contribution in [0.3, 0.4) is 0 Å². The summed E-state index contributed by atoms with van der Waals surface area (Å²) in [4.78, 5) is 0. The number of hydrogen-bond donors (Lipinski definition) is 0. The average Bonchev–Trinajstić information content (AvgIpc) is 3.18. The second-order valence-corrected chi connectivity index (χ2v) is 18.2. The number of allylic oxidation sites excluding steroid dienone is 2. The summed E-state index contributed by atoms with van der Waals surface area (Å²) in [7, 11) is 0. The van der Waals surface area contributed by atoms with E-state index in [9.17, 15) is 0 Å². The van der Waals surface area contributed by atoms with Crippen LogP contribution in [-0.4, -0.2) is 0 Å². The number of unbranched alkanes of at least 4 members (excludes halogenated alkanes) is 44. The molecule has 0 atom stereocenters. The molecule has 0 N–H and O–H groups in total. The molecule has 0 heterocycles. The molecule has 0 aromatic rings. The Hall–Kier alpha value is -0.720. The molecule has 0 aromatic heterocycles. The molecule has 0 bridgehead atoms. The Morgan fingerprint density at radius 1 is 0.218 bits per heavy atom. The fraction of sp³-hybridized carbons (Fsp3) is 0.926. The SMILES string of the molecule is C=C(CCCCCCCCCCCCCCCCCCCCCCCCC)OC(=C)CCCCCCCCCCCCCCCCCCCCCCCCC. The lowest BCUT2D eigenvalue weighted by Crippen LogP contribution is -1.93. The van der Waals surface area contributed by atoms with E-state index in [1.807, 2.05) is 0 Å². The van der Waals surface area contributed by atoms with Crippen molar-refractivity contribution in [2.45, 2.75) is 322 Å². The molecule has 0 aliphatic heterocycles. The molecule has 0 rings (SSSR count). The van der Waals surface area contributed by atoms with Gasteiger partial charge in [0.05, 0.1) is 11.5 Å². The average molecular weight is 771 g/mol. The molecule has 55 heavy (non-hydrogen) atoms.